The number of carbonyl (C=O) groups excluding carboxylic acids is 1. The van der Waals surface area contributed by atoms with Gasteiger partial charge in [0.1, 0.15) is 0 Å². The van der Waals surface area contributed by atoms with Crippen LogP contribution in [0.15, 0.2) is 60.7 Å². The Hall–Kier alpha value is -2.66. The molecule has 120 valence electrons. The van der Waals surface area contributed by atoms with Gasteiger partial charge in [-0.2, -0.15) is 0 Å². The van der Waals surface area contributed by atoms with Gasteiger partial charge in [-0.1, -0.05) is 48.5 Å². The van der Waals surface area contributed by atoms with E-state index in [9.17, 15) is 14.7 Å². The second kappa shape index (κ2) is 8.10. The first-order valence-corrected chi connectivity index (χ1v) is 7.32. The highest BCUT2D eigenvalue weighted by Gasteiger charge is 2.27. The van der Waals surface area contributed by atoms with E-state index in [-0.39, 0.29) is 6.61 Å². The van der Waals surface area contributed by atoms with E-state index in [1.54, 1.807) is 37.3 Å². The van der Waals surface area contributed by atoms with Gasteiger partial charge in [0.05, 0.1) is 12.7 Å². The van der Waals surface area contributed by atoms with Gasteiger partial charge in [0, 0.05) is 5.56 Å². The van der Waals surface area contributed by atoms with Crippen LogP contribution in [0, 0.1) is 0 Å². The van der Waals surface area contributed by atoms with Crippen molar-refractivity contribution in [2.75, 3.05) is 0 Å². The first kappa shape index (κ1) is 16.7. The average Bonchev–Trinajstić information content (AvgIpc) is 2.58. The summed E-state index contributed by atoms with van der Waals surface area (Å²) in [6, 6.07) is 16.8. The molecule has 2 aromatic rings. The van der Waals surface area contributed by atoms with E-state index in [0.29, 0.717) is 5.56 Å². The summed E-state index contributed by atoms with van der Waals surface area (Å²) in [5, 5.41) is 11.8. The van der Waals surface area contributed by atoms with E-state index in [1.807, 2.05) is 30.3 Å². The van der Waals surface area contributed by atoms with Crippen molar-refractivity contribution in [2.24, 2.45) is 0 Å². The molecule has 2 N–H and O–H groups in total. The van der Waals surface area contributed by atoms with Crippen LogP contribution in [0.25, 0.3) is 0 Å². The first-order valence-electron chi connectivity index (χ1n) is 7.32. The van der Waals surface area contributed by atoms with Crippen LogP contribution in [0.5, 0.6) is 0 Å². The molecule has 0 aliphatic heterocycles. The summed E-state index contributed by atoms with van der Waals surface area (Å²) in [5.74, 6) is -1.57. The Morgan fingerprint density at radius 1 is 1.04 bits per heavy atom. The zero-order valence-corrected chi connectivity index (χ0v) is 12.8. The molecule has 0 saturated heterocycles. The van der Waals surface area contributed by atoms with Crippen LogP contribution in [-0.2, 0) is 16.1 Å². The predicted molar refractivity (Wildman–Crippen MR) is 86.0 cm³/mol. The minimum absolute atomic E-state index is 0.285. The summed E-state index contributed by atoms with van der Waals surface area (Å²) in [4.78, 5) is 23.5. The van der Waals surface area contributed by atoms with E-state index in [4.69, 9.17) is 4.74 Å². The molecular formula is C18H19NO4. The maximum Gasteiger partial charge on any atom is 0.328 e. The van der Waals surface area contributed by atoms with Crippen molar-refractivity contribution < 1.29 is 19.4 Å². The zero-order valence-electron chi connectivity index (χ0n) is 12.8. The fourth-order valence-corrected chi connectivity index (χ4v) is 2.09. The number of rotatable bonds is 7. The van der Waals surface area contributed by atoms with Crippen LogP contribution in [0.3, 0.4) is 0 Å². The van der Waals surface area contributed by atoms with Crippen LogP contribution < -0.4 is 5.32 Å². The van der Waals surface area contributed by atoms with Crippen molar-refractivity contribution >= 4 is 11.9 Å². The summed E-state index contributed by atoms with van der Waals surface area (Å²) in [5.41, 5.74) is 1.35. The molecule has 0 heterocycles. The quantitative estimate of drug-likeness (QED) is 0.823. The van der Waals surface area contributed by atoms with Crippen LogP contribution >= 0.6 is 0 Å². The largest absolute Gasteiger partial charge is 0.480 e. The lowest BCUT2D eigenvalue weighted by Crippen LogP contribution is -2.48. The van der Waals surface area contributed by atoms with Gasteiger partial charge in [0.25, 0.3) is 5.91 Å². The van der Waals surface area contributed by atoms with Gasteiger partial charge in [0.15, 0.2) is 6.04 Å². The Bertz CT molecular complexity index is 643. The molecule has 0 aliphatic carbocycles. The van der Waals surface area contributed by atoms with Crippen LogP contribution in [-0.4, -0.2) is 29.1 Å². The first-order chi connectivity index (χ1) is 11.1. The van der Waals surface area contributed by atoms with Gasteiger partial charge in [-0.25, -0.2) is 4.79 Å². The lowest BCUT2D eigenvalue weighted by molar-refractivity contribution is -0.143. The number of ether oxygens (including phenoxy) is 1. The third-order valence-corrected chi connectivity index (χ3v) is 3.41. The van der Waals surface area contributed by atoms with Gasteiger partial charge in [-0.15, -0.1) is 0 Å². The summed E-state index contributed by atoms with van der Waals surface area (Å²) in [6.45, 7) is 1.92. The number of carboxylic acids is 1. The predicted octanol–water partition coefficient (Wildman–Crippen LogP) is 2.47. The second-order valence-electron chi connectivity index (χ2n) is 5.16. The highest BCUT2D eigenvalue weighted by atomic mass is 16.5. The van der Waals surface area contributed by atoms with E-state index < -0.39 is 24.0 Å². The molecule has 1 unspecified atom stereocenters. The Balaban J connectivity index is 1.97. The van der Waals surface area contributed by atoms with E-state index in [2.05, 4.69) is 5.32 Å². The number of nitrogens with one attached hydrogen (secondary N) is 1. The third kappa shape index (κ3) is 4.93. The van der Waals surface area contributed by atoms with Gasteiger partial charge in [-0.3, -0.25) is 4.79 Å². The standard InChI is InChI=1S/C18H19NO4/c1-13(23-12-14-8-4-2-5-9-14)16(18(21)22)19-17(20)15-10-6-3-7-11-15/h2-11,13,16H,12H2,1H3,(H,19,20)(H,21,22)/t13?,16-/m0/s1. The van der Waals surface area contributed by atoms with Crippen molar-refractivity contribution in [3.63, 3.8) is 0 Å². The molecule has 5 heteroatoms. The second-order valence-corrected chi connectivity index (χ2v) is 5.16. The number of hydrogen-bond acceptors (Lipinski definition) is 3. The Kier molecular flexibility index (Phi) is 5.88. The van der Waals surface area contributed by atoms with Gasteiger partial charge in [-0.05, 0) is 24.6 Å². The Morgan fingerprint density at radius 2 is 1.61 bits per heavy atom. The van der Waals surface area contributed by atoms with Crippen LogP contribution in [0.1, 0.15) is 22.8 Å². The van der Waals surface area contributed by atoms with Crippen LogP contribution in [0.4, 0.5) is 0 Å². The molecule has 0 saturated carbocycles. The summed E-state index contributed by atoms with van der Waals surface area (Å²) in [7, 11) is 0. The maximum absolute atomic E-state index is 12.1. The lowest BCUT2D eigenvalue weighted by atomic mass is 10.1. The van der Waals surface area contributed by atoms with E-state index >= 15 is 0 Å². The number of amides is 1. The summed E-state index contributed by atoms with van der Waals surface area (Å²) >= 11 is 0. The molecule has 0 radical (unpaired) electrons. The van der Waals surface area contributed by atoms with Crippen molar-refractivity contribution in [2.45, 2.75) is 25.7 Å². The molecule has 5 nitrogen and oxygen atoms in total. The topological polar surface area (TPSA) is 75.6 Å². The minimum Gasteiger partial charge on any atom is -0.480 e. The molecule has 1 amide bonds. The molecular weight excluding hydrogens is 294 g/mol. The molecule has 0 fully saturated rings. The molecule has 0 aliphatic rings. The number of carbonyl (C=O) groups is 2. The smallest absolute Gasteiger partial charge is 0.328 e. The summed E-state index contributed by atoms with van der Waals surface area (Å²) in [6.07, 6.45) is -0.666. The van der Waals surface area contributed by atoms with Gasteiger partial charge < -0.3 is 15.2 Å². The lowest BCUT2D eigenvalue weighted by Gasteiger charge is -2.22. The Labute approximate surface area is 134 Å². The zero-order chi connectivity index (χ0) is 16.7. The molecule has 0 bridgehead atoms. The van der Waals surface area contributed by atoms with Gasteiger partial charge in [0.2, 0.25) is 0 Å². The molecule has 0 aromatic heterocycles. The van der Waals surface area contributed by atoms with E-state index in [1.165, 1.54) is 0 Å². The third-order valence-electron chi connectivity index (χ3n) is 3.41. The minimum atomic E-state index is -1.13. The fourth-order valence-electron chi connectivity index (χ4n) is 2.09. The number of aliphatic carboxylic acids is 1. The molecule has 23 heavy (non-hydrogen) atoms. The summed E-state index contributed by atoms with van der Waals surface area (Å²) < 4.78 is 5.59. The molecule has 2 rings (SSSR count). The normalized spacial score (nSPS) is 13.1. The van der Waals surface area contributed by atoms with Crippen LogP contribution in [0.2, 0.25) is 0 Å². The number of hydrogen-bond donors (Lipinski definition) is 2. The monoisotopic (exact) mass is 313 g/mol. The van der Waals surface area contributed by atoms with Gasteiger partial charge >= 0.3 is 5.97 Å². The van der Waals surface area contributed by atoms with E-state index in [0.717, 1.165) is 5.56 Å². The average molecular weight is 313 g/mol. The molecule has 2 aromatic carbocycles. The SMILES string of the molecule is CC(OCc1ccccc1)[C@H](NC(=O)c1ccccc1)C(=O)O. The Morgan fingerprint density at radius 3 is 2.17 bits per heavy atom. The molecule has 0 spiro atoms. The number of carboxylic acid groups (broad SMARTS) is 1. The maximum atomic E-state index is 12.1. The van der Waals surface area contributed by atoms with Crippen molar-refractivity contribution in [1.29, 1.82) is 0 Å². The van der Waals surface area contributed by atoms with Crippen molar-refractivity contribution in [3.8, 4) is 0 Å². The fraction of sp³-hybridized carbons (Fsp3) is 0.222. The van der Waals surface area contributed by atoms with Crippen molar-refractivity contribution in [3.05, 3.63) is 71.8 Å². The number of benzene rings is 2. The highest BCUT2D eigenvalue weighted by molar-refractivity contribution is 5.96. The highest BCUT2D eigenvalue weighted by Crippen LogP contribution is 2.08. The van der Waals surface area contributed by atoms with Crippen molar-refractivity contribution in [1.82, 2.24) is 5.32 Å². The molecule has 2 atom stereocenters.